The monoisotopic (exact) mass is 467 g/mol. The lowest BCUT2D eigenvalue weighted by atomic mass is 9.74. The van der Waals surface area contributed by atoms with Crippen LogP contribution in [0.4, 0.5) is 0 Å². The highest BCUT2D eigenvalue weighted by Gasteiger charge is 2.40. The van der Waals surface area contributed by atoms with Gasteiger partial charge >= 0.3 is 0 Å². The third kappa shape index (κ3) is 4.69. The number of hydrogen-bond donors (Lipinski definition) is 1. The van der Waals surface area contributed by atoms with E-state index in [0.717, 1.165) is 34.6 Å². The van der Waals surface area contributed by atoms with Crippen LogP contribution in [0.1, 0.15) is 69.0 Å². The van der Waals surface area contributed by atoms with E-state index in [1.54, 1.807) is 0 Å². The van der Waals surface area contributed by atoms with Gasteiger partial charge in [-0.25, -0.2) is 13.6 Å². The lowest BCUT2D eigenvalue weighted by Gasteiger charge is -2.37. The first kappa shape index (κ1) is 25.1. The van der Waals surface area contributed by atoms with E-state index in [4.69, 9.17) is 9.56 Å². The molecule has 0 fully saturated rings. The van der Waals surface area contributed by atoms with Crippen molar-refractivity contribution in [2.45, 2.75) is 89.1 Å². The van der Waals surface area contributed by atoms with Gasteiger partial charge in [0.15, 0.2) is 0 Å². The molecule has 0 radical (unpaired) electrons. The molecule has 7 heteroatoms. The Balaban J connectivity index is 2.55. The summed E-state index contributed by atoms with van der Waals surface area (Å²) in [4.78, 5) is 1.05. The van der Waals surface area contributed by atoms with Gasteiger partial charge in [-0.15, -0.1) is 11.3 Å². The number of hydrogen-bond acceptors (Lipinski definition) is 4. The Kier molecular flexibility index (Phi) is 7.04. The van der Waals surface area contributed by atoms with Crippen LogP contribution >= 0.6 is 11.3 Å². The minimum absolute atomic E-state index is 0.132. The predicted octanol–water partition coefficient (Wildman–Crippen LogP) is 6.50. The summed E-state index contributed by atoms with van der Waals surface area (Å²) < 4.78 is 30.8. The molecule has 30 heavy (non-hydrogen) atoms. The highest BCUT2D eigenvalue weighted by atomic mass is 32.2. The second kappa shape index (κ2) is 8.41. The van der Waals surface area contributed by atoms with Crippen molar-refractivity contribution in [1.82, 2.24) is 0 Å². The standard InChI is InChI=1S/C23H37NO3S2Si/c1-10-23(11-2,20-15-17(4)21(28-20)29(24,25)26)18-12-13-19(16(3)14-18)27-30(8,9)22(5,6)7/h12-15H,10-11H2,1-9H3,(H2,24,25,26). The second-order valence-corrected chi connectivity index (χ2v) is 17.3. The Morgan fingerprint density at radius 1 is 1.03 bits per heavy atom. The molecule has 0 unspecified atom stereocenters. The van der Waals surface area contributed by atoms with Crippen molar-refractivity contribution in [3.05, 3.63) is 45.8 Å². The molecular weight excluding hydrogens is 430 g/mol. The minimum atomic E-state index is -3.72. The quantitative estimate of drug-likeness (QED) is 0.472. The zero-order valence-electron chi connectivity index (χ0n) is 19.8. The highest BCUT2D eigenvalue weighted by molar-refractivity contribution is 7.91. The molecule has 0 amide bonds. The minimum Gasteiger partial charge on any atom is -0.543 e. The molecule has 1 aromatic heterocycles. The summed E-state index contributed by atoms with van der Waals surface area (Å²) >= 11 is 1.30. The summed E-state index contributed by atoms with van der Waals surface area (Å²) in [6.07, 6.45) is 1.74. The lowest BCUT2D eigenvalue weighted by molar-refractivity contribution is 0.477. The smallest absolute Gasteiger partial charge is 0.250 e. The van der Waals surface area contributed by atoms with Crippen LogP contribution in [0.15, 0.2) is 28.5 Å². The number of thiophene rings is 1. The Labute approximate surface area is 188 Å². The van der Waals surface area contributed by atoms with Crippen LogP contribution in [0.3, 0.4) is 0 Å². The van der Waals surface area contributed by atoms with Crippen molar-refractivity contribution in [3.8, 4) is 5.75 Å². The molecule has 2 rings (SSSR count). The first-order valence-electron chi connectivity index (χ1n) is 10.5. The first-order chi connectivity index (χ1) is 13.6. The van der Waals surface area contributed by atoms with Gasteiger partial charge in [0.2, 0.25) is 18.3 Å². The number of rotatable bonds is 7. The fourth-order valence-corrected chi connectivity index (χ4v) is 7.21. The second-order valence-electron chi connectivity index (χ2n) is 9.76. The Morgan fingerprint density at radius 3 is 2.00 bits per heavy atom. The molecule has 0 aliphatic carbocycles. The molecule has 0 spiro atoms. The van der Waals surface area contributed by atoms with Crippen molar-refractivity contribution in [2.24, 2.45) is 5.14 Å². The van der Waals surface area contributed by atoms with E-state index in [-0.39, 0.29) is 14.7 Å². The maximum Gasteiger partial charge on any atom is 0.250 e. The maximum absolute atomic E-state index is 12.0. The SMILES string of the molecule is CCC(CC)(c1ccc(O[Si](C)(C)C(C)(C)C)c(C)c1)c1cc(C)c(S(N)(=O)=O)s1. The van der Waals surface area contributed by atoms with Crippen molar-refractivity contribution in [2.75, 3.05) is 0 Å². The molecule has 0 saturated heterocycles. The van der Waals surface area contributed by atoms with Gasteiger partial charge in [-0.05, 0) is 73.6 Å². The van der Waals surface area contributed by atoms with E-state index in [9.17, 15) is 8.42 Å². The third-order valence-electron chi connectivity index (χ3n) is 6.71. The molecule has 0 saturated carbocycles. The molecule has 1 heterocycles. The lowest BCUT2D eigenvalue weighted by Crippen LogP contribution is -2.44. The van der Waals surface area contributed by atoms with Crippen molar-refractivity contribution < 1.29 is 12.8 Å². The van der Waals surface area contributed by atoms with Gasteiger partial charge in [0.25, 0.3) is 0 Å². The average molecular weight is 468 g/mol. The van der Waals surface area contributed by atoms with E-state index < -0.39 is 18.3 Å². The van der Waals surface area contributed by atoms with Crippen molar-refractivity contribution >= 4 is 29.7 Å². The molecule has 2 N–H and O–H groups in total. The maximum atomic E-state index is 12.0. The van der Waals surface area contributed by atoms with Gasteiger partial charge in [-0.3, -0.25) is 0 Å². The van der Waals surface area contributed by atoms with Crippen LogP contribution in [0, 0.1) is 13.8 Å². The summed E-state index contributed by atoms with van der Waals surface area (Å²) in [5, 5.41) is 5.58. The van der Waals surface area contributed by atoms with Crippen LogP contribution in [0.5, 0.6) is 5.75 Å². The molecule has 168 valence electrons. The molecule has 1 aromatic carbocycles. The molecule has 4 nitrogen and oxygen atoms in total. The van der Waals surface area contributed by atoms with E-state index in [1.807, 2.05) is 13.0 Å². The number of nitrogens with two attached hydrogens (primary N) is 1. The molecule has 0 atom stereocenters. The van der Waals surface area contributed by atoms with Gasteiger partial charge in [0.05, 0.1) is 0 Å². The van der Waals surface area contributed by atoms with Gasteiger partial charge in [-0.1, -0.05) is 46.8 Å². The van der Waals surface area contributed by atoms with Crippen LogP contribution < -0.4 is 9.56 Å². The van der Waals surface area contributed by atoms with Gasteiger partial charge in [0.1, 0.15) is 9.96 Å². The fourth-order valence-electron chi connectivity index (χ4n) is 3.62. The van der Waals surface area contributed by atoms with E-state index in [2.05, 4.69) is 72.8 Å². The number of primary sulfonamides is 1. The summed E-state index contributed by atoms with van der Waals surface area (Å²) in [5.74, 6) is 0.944. The van der Waals surface area contributed by atoms with E-state index in [1.165, 1.54) is 16.9 Å². The van der Waals surface area contributed by atoms with Crippen LogP contribution in [-0.2, 0) is 15.4 Å². The number of sulfonamides is 1. The molecule has 0 bridgehead atoms. The summed E-state index contributed by atoms with van der Waals surface area (Å²) in [6, 6.07) is 8.44. The average Bonchev–Trinajstić information content (AvgIpc) is 3.00. The Bertz CT molecular complexity index is 1010. The Hall–Kier alpha value is -1.15. The summed E-state index contributed by atoms with van der Waals surface area (Å²) in [7, 11) is -5.64. The largest absolute Gasteiger partial charge is 0.543 e. The van der Waals surface area contributed by atoms with Crippen LogP contribution in [0.2, 0.25) is 18.1 Å². The van der Waals surface area contributed by atoms with Crippen molar-refractivity contribution in [3.63, 3.8) is 0 Å². The number of benzene rings is 1. The highest BCUT2D eigenvalue weighted by Crippen LogP contribution is 2.45. The summed E-state index contributed by atoms with van der Waals surface area (Å²) in [6.45, 7) is 19.5. The molecular formula is C23H37NO3S2Si. The molecule has 0 aliphatic heterocycles. The number of aryl methyl sites for hydroxylation is 2. The van der Waals surface area contributed by atoms with Gasteiger partial charge in [0, 0.05) is 10.3 Å². The van der Waals surface area contributed by atoms with E-state index in [0.29, 0.717) is 0 Å². The first-order valence-corrected chi connectivity index (χ1v) is 15.8. The molecule has 0 aliphatic rings. The zero-order chi connectivity index (χ0) is 23.1. The van der Waals surface area contributed by atoms with Crippen molar-refractivity contribution in [1.29, 1.82) is 0 Å². The normalized spacial score (nSPS) is 13.5. The van der Waals surface area contributed by atoms with Gasteiger partial charge < -0.3 is 4.43 Å². The third-order valence-corrected chi connectivity index (χ3v) is 14.1. The van der Waals surface area contributed by atoms with Gasteiger partial charge in [-0.2, -0.15) is 0 Å². The topological polar surface area (TPSA) is 69.4 Å². The Morgan fingerprint density at radius 2 is 1.60 bits per heavy atom. The molecule has 2 aromatic rings. The zero-order valence-corrected chi connectivity index (χ0v) is 22.5. The van der Waals surface area contributed by atoms with Crippen LogP contribution in [-0.4, -0.2) is 16.7 Å². The summed E-state index contributed by atoms with van der Waals surface area (Å²) in [5.41, 5.74) is 2.77. The van der Waals surface area contributed by atoms with E-state index >= 15 is 0 Å². The van der Waals surface area contributed by atoms with Crippen LogP contribution in [0.25, 0.3) is 0 Å². The predicted molar refractivity (Wildman–Crippen MR) is 131 cm³/mol. The fraction of sp³-hybridized carbons (Fsp3) is 0.565.